The number of benzene rings is 1. The molecule has 0 aliphatic carbocycles. The zero-order valence-electron chi connectivity index (χ0n) is 9.66. The summed E-state index contributed by atoms with van der Waals surface area (Å²) in [6.07, 6.45) is 1.01. The summed E-state index contributed by atoms with van der Waals surface area (Å²) in [4.78, 5) is 2.35. The summed E-state index contributed by atoms with van der Waals surface area (Å²) >= 11 is 3.56. The SMILES string of the molecule is OCC1CN(Cc2cc(Br)cc3c2OCC3)C1. The van der Waals surface area contributed by atoms with Crippen LogP contribution in [0.1, 0.15) is 11.1 Å². The molecule has 17 heavy (non-hydrogen) atoms. The minimum Gasteiger partial charge on any atom is -0.493 e. The van der Waals surface area contributed by atoms with Gasteiger partial charge in [-0.25, -0.2) is 0 Å². The van der Waals surface area contributed by atoms with Gasteiger partial charge in [-0.2, -0.15) is 0 Å². The molecule has 0 aromatic heterocycles. The predicted molar refractivity (Wildman–Crippen MR) is 69.2 cm³/mol. The van der Waals surface area contributed by atoms with E-state index in [0.717, 1.165) is 42.9 Å². The van der Waals surface area contributed by atoms with Crippen molar-refractivity contribution >= 4 is 15.9 Å². The number of likely N-dealkylation sites (tertiary alicyclic amines) is 1. The molecule has 0 amide bonds. The molecule has 0 unspecified atom stereocenters. The van der Waals surface area contributed by atoms with Crippen LogP contribution in [0.15, 0.2) is 16.6 Å². The number of fused-ring (bicyclic) bond motifs is 1. The summed E-state index contributed by atoms with van der Waals surface area (Å²) in [5, 5.41) is 9.01. The van der Waals surface area contributed by atoms with E-state index in [2.05, 4.69) is 33.0 Å². The van der Waals surface area contributed by atoms with Crippen LogP contribution < -0.4 is 4.74 Å². The highest BCUT2D eigenvalue weighted by molar-refractivity contribution is 9.10. The number of nitrogens with zero attached hydrogens (tertiary/aromatic N) is 1. The first-order valence-electron chi connectivity index (χ1n) is 6.03. The van der Waals surface area contributed by atoms with E-state index in [9.17, 15) is 0 Å². The van der Waals surface area contributed by atoms with Crippen LogP contribution in [-0.4, -0.2) is 36.3 Å². The van der Waals surface area contributed by atoms with Gasteiger partial charge in [0.1, 0.15) is 5.75 Å². The fourth-order valence-corrected chi connectivity index (χ4v) is 3.18. The van der Waals surface area contributed by atoms with E-state index < -0.39 is 0 Å². The quantitative estimate of drug-likeness (QED) is 0.924. The molecule has 4 heteroatoms. The molecule has 1 aromatic carbocycles. The highest BCUT2D eigenvalue weighted by Gasteiger charge is 2.27. The number of hydrogen-bond acceptors (Lipinski definition) is 3. The van der Waals surface area contributed by atoms with Gasteiger partial charge in [-0.3, -0.25) is 4.90 Å². The third kappa shape index (κ3) is 2.21. The molecule has 3 nitrogen and oxygen atoms in total. The fourth-order valence-electron chi connectivity index (χ4n) is 2.63. The minimum atomic E-state index is 0.309. The van der Waals surface area contributed by atoms with E-state index in [1.807, 2.05) is 0 Å². The Labute approximate surface area is 110 Å². The lowest BCUT2D eigenvalue weighted by Crippen LogP contribution is -2.47. The van der Waals surface area contributed by atoms with Crippen LogP contribution in [0.4, 0.5) is 0 Å². The van der Waals surface area contributed by atoms with Gasteiger partial charge < -0.3 is 9.84 Å². The van der Waals surface area contributed by atoms with Crippen LogP contribution >= 0.6 is 15.9 Å². The van der Waals surface area contributed by atoms with Crippen molar-refractivity contribution in [1.29, 1.82) is 0 Å². The molecule has 0 radical (unpaired) electrons. The average molecular weight is 298 g/mol. The molecule has 92 valence electrons. The van der Waals surface area contributed by atoms with E-state index in [-0.39, 0.29) is 0 Å². The topological polar surface area (TPSA) is 32.7 Å². The lowest BCUT2D eigenvalue weighted by Gasteiger charge is -2.38. The molecule has 1 fully saturated rings. The van der Waals surface area contributed by atoms with Crippen molar-refractivity contribution in [2.45, 2.75) is 13.0 Å². The minimum absolute atomic E-state index is 0.309. The van der Waals surface area contributed by atoms with Crippen molar-refractivity contribution < 1.29 is 9.84 Å². The Morgan fingerprint density at radius 3 is 3.00 bits per heavy atom. The highest BCUT2D eigenvalue weighted by atomic mass is 79.9. The number of ether oxygens (including phenoxy) is 1. The molecule has 2 aliphatic rings. The largest absolute Gasteiger partial charge is 0.493 e. The second-order valence-corrected chi connectivity index (χ2v) is 5.81. The molecular formula is C13H16BrNO2. The van der Waals surface area contributed by atoms with Crippen molar-refractivity contribution in [2.75, 3.05) is 26.3 Å². The fraction of sp³-hybridized carbons (Fsp3) is 0.538. The van der Waals surface area contributed by atoms with E-state index >= 15 is 0 Å². The lowest BCUT2D eigenvalue weighted by molar-refractivity contribution is 0.0473. The summed E-state index contributed by atoms with van der Waals surface area (Å²) < 4.78 is 6.85. The predicted octanol–water partition coefficient (Wildman–Crippen LogP) is 1.81. The standard InChI is InChI=1S/C13H16BrNO2/c14-12-3-10-1-2-17-13(10)11(4-12)7-15-5-9(6-15)8-16/h3-4,9,16H,1-2,5-8H2. The normalized spacial score (nSPS) is 19.9. The number of aliphatic hydroxyl groups is 1. The van der Waals surface area contributed by atoms with Gasteiger partial charge in [-0.05, 0) is 17.7 Å². The number of hydrogen-bond donors (Lipinski definition) is 1. The molecule has 0 spiro atoms. The Balaban J connectivity index is 1.75. The van der Waals surface area contributed by atoms with Crippen molar-refractivity contribution in [1.82, 2.24) is 4.90 Å². The molecular weight excluding hydrogens is 282 g/mol. The maximum Gasteiger partial charge on any atom is 0.127 e. The van der Waals surface area contributed by atoms with Crippen LogP contribution in [0.2, 0.25) is 0 Å². The van der Waals surface area contributed by atoms with Crippen molar-refractivity contribution in [3.8, 4) is 5.75 Å². The van der Waals surface area contributed by atoms with Gasteiger partial charge in [-0.15, -0.1) is 0 Å². The maximum absolute atomic E-state index is 9.01. The van der Waals surface area contributed by atoms with Crippen molar-refractivity contribution in [3.63, 3.8) is 0 Å². The van der Waals surface area contributed by atoms with Crippen LogP contribution in [-0.2, 0) is 13.0 Å². The monoisotopic (exact) mass is 297 g/mol. The zero-order chi connectivity index (χ0) is 11.8. The third-order valence-corrected chi connectivity index (χ3v) is 3.97. The number of rotatable bonds is 3. The first-order valence-corrected chi connectivity index (χ1v) is 6.83. The van der Waals surface area contributed by atoms with E-state index in [4.69, 9.17) is 9.84 Å². The van der Waals surface area contributed by atoms with Gasteiger partial charge in [0.25, 0.3) is 0 Å². The van der Waals surface area contributed by atoms with Crippen LogP contribution in [0.5, 0.6) is 5.75 Å². The average Bonchev–Trinajstić information content (AvgIpc) is 2.70. The van der Waals surface area contributed by atoms with Crippen LogP contribution in [0.3, 0.4) is 0 Å². The van der Waals surface area contributed by atoms with E-state index in [1.54, 1.807) is 0 Å². The zero-order valence-corrected chi connectivity index (χ0v) is 11.2. The van der Waals surface area contributed by atoms with Gasteiger partial charge in [0.15, 0.2) is 0 Å². The summed E-state index contributed by atoms with van der Waals surface area (Å²) in [6, 6.07) is 4.30. The van der Waals surface area contributed by atoms with Gasteiger partial charge >= 0.3 is 0 Å². The van der Waals surface area contributed by atoms with E-state index in [0.29, 0.717) is 12.5 Å². The molecule has 1 saturated heterocycles. The highest BCUT2D eigenvalue weighted by Crippen LogP contribution is 2.34. The molecule has 0 saturated carbocycles. The van der Waals surface area contributed by atoms with Gasteiger partial charge in [0.2, 0.25) is 0 Å². The third-order valence-electron chi connectivity index (χ3n) is 3.51. The second-order valence-electron chi connectivity index (χ2n) is 4.89. The van der Waals surface area contributed by atoms with Gasteiger partial charge in [-0.1, -0.05) is 15.9 Å². The Morgan fingerprint density at radius 1 is 1.41 bits per heavy atom. The number of halogens is 1. The summed E-state index contributed by atoms with van der Waals surface area (Å²) in [6.45, 7) is 4.04. The molecule has 2 aliphatic heterocycles. The first kappa shape index (κ1) is 11.5. The van der Waals surface area contributed by atoms with E-state index in [1.165, 1.54) is 11.1 Å². The first-order chi connectivity index (χ1) is 8.26. The summed E-state index contributed by atoms with van der Waals surface area (Å²) in [5.74, 6) is 1.55. The van der Waals surface area contributed by atoms with Crippen LogP contribution in [0.25, 0.3) is 0 Å². The lowest BCUT2D eigenvalue weighted by atomic mass is 9.99. The Morgan fingerprint density at radius 2 is 2.24 bits per heavy atom. The van der Waals surface area contributed by atoms with Crippen molar-refractivity contribution in [2.24, 2.45) is 5.92 Å². The Bertz CT molecular complexity index is 430. The van der Waals surface area contributed by atoms with Crippen molar-refractivity contribution in [3.05, 3.63) is 27.7 Å². The summed E-state index contributed by atoms with van der Waals surface area (Å²) in [5.41, 5.74) is 2.58. The van der Waals surface area contributed by atoms with Gasteiger partial charge in [0.05, 0.1) is 6.61 Å². The second kappa shape index (κ2) is 4.59. The maximum atomic E-state index is 9.01. The molecule has 0 bridgehead atoms. The summed E-state index contributed by atoms with van der Waals surface area (Å²) in [7, 11) is 0. The smallest absolute Gasteiger partial charge is 0.127 e. The van der Waals surface area contributed by atoms with Gasteiger partial charge in [0, 0.05) is 48.6 Å². The molecule has 3 rings (SSSR count). The Hall–Kier alpha value is -0.580. The molecule has 2 heterocycles. The molecule has 1 N–H and O–H groups in total. The Kier molecular flexibility index (Phi) is 3.11. The number of aliphatic hydroxyl groups excluding tert-OH is 1. The van der Waals surface area contributed by atoms with Crippen LogP contribution in [0, 0.1) is 5.92 Å². The molecule has 0 atom stereocenters. The molecule has 1 aromatic rings.